The van der Waals surface area contributed by atoms with E-state index in [1.54, 1.807) is 12.3 Å². The van der Waals surface area contributed by atoms with Gasteiger partial charge in [-0.3, -0.25) is 4.98 Å². The Kier molecular flexibility index (Phi) is 3.85. The van der Waals surface area contributed by atoms with Crippen molar-refractivity contribution in [1.82, 2.24) is 30.4 Å². The molecule has 0 aliphatic heterocycles. The van der Waals surface area contributed by atoms with Crippen LogP contribution in [0.1, 0.15) is 30.1 Å². The van der Waals surface area contributed by atoms with Gasteiger partial charge in [0.1, 0.15) is 23.9 Å². The van der Waals surface area contributed by atoms with Crippen LogP contribution in [0.2, 0.25) is 0 Å². The Morgan fingerprint density at radius 2 is 2.07 bits per heavy atom. The Morgan fingerprint density at radius 3 is 2.86 bits per heavy atom. The van der Waals surface area contributed by atoms with Crippen molar-refractivity contribution in [3.05, 3.63) is 53.7 Å². The summed E-state index contributed by atoms with van der Waals surface area (Å²) in [5, 5.41) is 10.2. The molecule has 9 heteroatoms. The second-order valence-corrected chi connectivity index (χ2v) is 6.71. The summed E-state index contributed by atoms with van der Waals surface area (Å²) in [4.78, 5) is 13.0. The zero-order chi connectivity index (χ0) is 19.1. The van der Waals surface area contributed by atoms with Gasteiger partial charge < -0.3 is 10.5 Å². The number of nitrogens with one attached hydrogen (secondary N) is 1. The highest BCUT2D eigenvalue weighted by molar-refractivity contribution is 5.78. The number of H-pyrrole nitrogens is 1. The normalized spacial score (nSPS) is 13.8. The van der Waals surface area contributed by atoms with Crippen LogP contribution in [0.25, 0.3) is 22.4 Å². The summed E-state index contributed by atoms with van der Waals surface area (Å²) in [6.45, 7) is -0.0846. The van der Waals surface area contributed by atoms with E-state index < -0.39 is 5.82 Å². The van der Waals surface area contributed by atoms with Gasteiger partial charge in [-0.25, -0.2) is 19.5 Å². The highest BCUT2D eigenvalue weighted by Gasteiger charge is 2.24. The van der Waals surface area contributed by atoms with Crippen molar-refractivity contribution in [2.75, 3.05) is 5.73 Å². The van der Waals surface area contributed by atoms with E-state index in [1.165, 1.54) is 25.0 Å². The van der Waals surface area contributed by atoms with Crippen molar-refractivity contribution in [3.8, 4) is 17.0 Å². The van der Waals surface area contributed by atoms with Gasteiger partial charge in [-0.05, 0) is 37.1 Å². The van der Waals surface area contributed by atoms with E-state index >= 15 is 0 Å². The molecule has 0 unspecified atom stereocenters. The summed E-state index contributed by atoms with van der Waals surface area (Å²) in [7, 11) is 0. The number of aromatic amines is 1. The van der Waals surface area contributed by atoms with E-state index in [-0.39, 0.29) is 18.1 Å². The van der Waals surface area contributed by atoms with Gasteiger partial charge in [0.25, 0.3) is 0 Å². The number of fused-ring (bicyclic) bond motifs is 1. The van der Waals surface area contributed by atoms with Gasteiger partial charge in [0, 0.05) is 29.4 Å². The van der Waals surface area contributed by atoms with Crippen LogP contribution >= 0.6 is 0 Å². The van der Waals surface area contributed by atoms with E-state index in [0.29, 0.717) is 28.5 Å². The van der Waals surface area contributed by atoms with E-state index in [2.05, 4.69) is 30.4 Å². The topological polar surface area (TPSA) is 115 Å². The van der Waals surface area contributed by atoms with Gasteiger partial charge in [-0.2, -0.15) is 0 Å². The van der Waals surface area contributed by atoms with Crippen molar-refractivity contribution < 1.29 is 9.13 Å². The number of hydrogen-bond donors (Lipinski definition) is 2. The maximum Gasteiger partial charge on any atom is 0.181 e. The fourth-order valence-corrected chi connectivity index (χ4v) is 3.01. The first-order valence-corrected chi connectivity index (χ1v) is 8.89. The number of aromatic nitrogens is 6. The molecule has 0 radical (unpaired) electrons. The summed E-state index contributed by atoms with van der Waals surface area (Å²) < 4.78 is 20.0. The smallest absolute Gasteiger partial charge is 0.181 e. The molecule has 0 spiro atoms. The number of nitrogens with two attached hydrogens (primary N) is 1. The molecule has 0 saturated heterocycles. The number of pyridine rings is 3. The van der Waals surface area contributed by atoms with Crippen LogP contribution in [0, 0.1) is 5.82 Å². The van der Waals surface area contributed by atoms with E-state index in [1.807, 2.05) is 12.1 Å². The average Bonchev–Trinajstić information content (AvgIpc) is 3.45. The van der Waals surface area contributed by atoms with Crippen molar-refractivity contribution in [2.45, 2.75) is 25.4 Å². The number of nitrogen functional groups attached to an aromatic ring is 1. The summed E-state index contributed by atoms with van der Waals surface area (Å²) in [5.74, 6) is 0.737. The van der Waals surface area contributed by atoms with Crippen LogP contribution in [0.15, 0.2) is 36.5 Å². The zero-order valence-electron chi connectivity index (χ0n) is 14.8. The minimum Gasteiger partial charge on any atom is -0.485 e. The lowest BCUT2D eigenvalue weighted by Gasteiger charge is -2.09. The Morgan fingerprint density at radius 1 is 1.18 bits per heavy atom. The molecule has 8 nitrogen and oxygen atoms in total. The third kappa shape index (κ3) is 3.11. The van der Waals surface area contributed by atoms with Crippen molar-refractivity contribution in [1.29, 1.82) is 0 Å². The second kappa shape index (κ2) is 6.52. The Bertz CT molecular complexity index is 1150. The summed E-state index contributed by atoms with van der Waals surface area (Å²) in [6.07, 6.45) is 4.17. The molecular formula is C19H16FN7O. The molecule has 0 atom stereocenters. The van der Waals surface area contributed by atoms with Gasteiger partial charge in [-0.15, -0.1) is 5.10 Å². The Hall–Kier alpha value is -3.62. The molecule has 1 saturated carbocycles. The molecule has 0 aromatic carbocycles. The minimum atomic E-state index is -0.454. The monoisotopic (exact) mass is 377 g/mol. The molecular weight excluding hydrogens is 361 g/mol. The standard InChI is InChI=1S/C19H16FN7O/c20-12-4-6-14(11-3-5-13(22-8-11)10-1-2-10)23-15(12)9-28-16-7-17(21)24-19-18(16)25-27-26-19/h3-8,10H,1-2,9H2,(H3,21,24,25,26,27). The maximum atomic E-state index is 14.3. The lowest BCUT2D eigenvalue weighted by Crippen LogP contribution is -2.04. The van der Waals surface area contributed by atoms with Crippen LogP contribution in [0.5, 0.6) is 5.75 Å². The summed E-state index contributed by atoms with van der Waals surface area (Å²) >= 11 is 0. The summed E-state index contributed by atoms with van der Waals surface area (Å²) in [6, 6.07) is 8.51. The van der Waals surface area contributed by atoms with Gasteiger partial charge in [0.2, 0.25) is 0 Å². The second-order valence-electron chi connectivity index (χ2n) is 6.71. The third-order valence-corrected chi connectivity index (χ3v) is 4.64. The highest BCUT2D eigenvalue weighted by atomic mass is 19.1. The Labute approximate surface area is 159 Å². The van der Waals surface area contributed by atoms with Gasteiger partial charge in [0.15, 0.2) is 16.9 Å². The average molecular weight is 377 g/mol. The molecule has 1 fully saturated rings. The first kappa shape index (κ1) is 16.5. The molecule has 140 valence electrons. The number of nitrogens with zero attached hydrogens (tertiary/aromatic N) is 5. The lowest BCUT2D eigenvalue weighted by molar-refractivity contribution is 0.297. The molecule has 4 heterocycles. The SMILES string of the molecule is Nc1cc(OCc2nc(-c3ccc(C4CC4)nc3)ccc2F)c2nn[nH]c2n1. The van der Waals surface area contributed by atoms with Crippen molar-refractivity contribution in [3.63, 3.8) is 0 Å². The minimum absolute atomic E-state index is 0.0846. The first-order valence-electron chi connectivity index (χ1n) is 8.89. The fraction of sp³-hybridized carbons (Fsp3) is 0.211. The first-order chi connectivity index (χ1) is 13.7. The highest BCUT2D eigenvalue weighted by Crippen LogP contribution is 2.39. The maximum absolute atomic E-state index is 14.3. The van der Waals surface area contributed by atoms with Crippen molar-refractivity contribution in [2.24, 2.45) is 0 Å². The number of rotatable bonds is 5. The van der Waals surface area contributed by atoms with Crippen LogP contribution < -0.4 is 10.5 Å². The fourth-order valence-electron chi connectivity index (χ4n) is 3.01. The van der Waals surface area contributed by atoms with Crippen molar-refractivity contribution >= 4 is 17.0 Å². The number of ether oxygens (including phenoxy) is 1. The van der Waals surface area contributed by atoms with Gasteiger partial charge in [0.05, 0.1) is 5.69 Å². The predicted molar refractivity (Wildman–Crippen MR) is 99.8 cm³/mol. The third-order valence-electron chi connectivity index (χ3n) is 4.64. The van der Waals surface area contributed by atoms with Gasteiger partial charge in [-0.1, -0.05) is 5.21 Å². The predicted octanol–water partition coefficient (Wildman–Crippen LogP) is 2.99. The number of halogens is 1. The summed E-state index contributed by atoms with van der Waals surface area (Å²) in [5.41, 5.74) is 9.32. The van der Waals surface area contributed by atoms with Crippen LogP contribution in [0.4, 0.5) is 10.2 Å². The molecule has 4 aromatic heterocycles. The Balaban J connectivity index is 1.40. The zero-order valence-corrected chi connectivity index (χ0v) is 14.8. The molecule has 0 amide bonds. The lowest BCUT2D eigenvalue weighted by atomic mass is 10.1. The molecule has 28 heavy (non-hydrogen) atoms. The molecule has 1 aliphatic carbocycles. The number of hydrogen-bond acceptors (Lipinski definition) is 7. The van der Waals surface area contributed by atoms with E-state index in [9.17, 15) is 4.39 Å². The van der Waals surface area contributed by atoms with Crippen LogP contribution in [-0.4, -0.2) is 30.4 Å². The van der Waals surface area contributed by atoms with Gasteiger partial charge >= 0.3 is 0 Å². The van der Waals surface area contributed by atoms with Crippen LogP contribution in [-0.2, 0) is 6.61 Å². The number of anilines is 1. The van der Waals surface area contributed by atoms with Crippen LogP contribution in [0.3, 0.4) is 0 Å². The quantitative estimate of drug-likeness (QED) is 0.549. The molecule has 4 aromatic rings. The molecule has 3 N–H and O–H groups in total. The molecule has 0 bridgehead atoms. The molecule has 5 rings (SSSR count). The van der Waals surface area contributed by atoms with E-state index in [0.717, 1.165) is 11.3 Å². The largest absolute Gasteiger partial charge is 0.485 e. The molecule has 1 aliphatic rings. The van der Waals surface area contributed by atoms with E-state index in [4.69, 9.17) is 10.5 Å².